The third-order valence-corrected chi connectivity index (χ3v) is 7.21. The molecule has 0 aliphatic carbocycles. The molecule has 2 fully saturated rings. The van der Waals surface area contributed by atoms with Gasteiger partial charge in [-0.15, -0.1) is 0 Å². The average Bonchev–Trinajstić information content (AvgIpc) is 3.37. The highest BCUT2D eigenvalue weighted by Crippen LogP contribution is 2.55. The molecule has 0 spiro atoms. The molecule has 1 N–H and O–H groups in total. The number of anilines is 1. The van der Waals surface area contributed by atoms with Crippen LogP contribution in [0.1, 0.15) is 11.1 Å². The van der Waals surface area contributed by atoms with Gasteiger partial charge in [0, 0.05) is 5.56 Å². The van der Waals surface area contributed by atoms with Crippen LogP contribution in [-0.2, 0) is 25.5 Å². The third kappa shape index (κ3) is 3.21. The fourth-order valence-corrected chi connectivity index (χ4v) is 5.57. The third-order valence-electron chi connectivity index (χ3n) is 7.03. The first-order chi connectivity index (χ1) is 18.0. The van der Waals surface area contributed by atoms with Gasteiger partial charge in [-0.25, -0.2) is 4.90 Å². The van der Waals surface area contributed by atoms with Crippen LogP contribution < -0.4 is 15.0 Å². The molecule has 2 saturated heterocycles. The normalized spacial score (nSPS) is 22.4. The lowest BCUT2D eigenvalue weighted by atomic mass is 9.73. The number of nitrogens with one attached hydrogen (secondary N) is 1. The van der Waals surface area contributed by atoms with Crippen molar-refractivity contribution in [3.05, 3.63) is 120 Å². The number of benzene rings is 4. The number of hydrogen-bond acceptors (Lipinski definition) is 5. The lowest BCUT2D eigenvalue weighted by Crippen LogP contribution is -2.55. The zero-order valence-corrected chi connectivity index (χ0v) is 20.7. The minimum Gasteiger partial charge on any atom is -0.497 e. The standard InChI is InChI=1S/C30H22N2O4S/c1-35-25-18-16-24(17-19-25)32-26(33)29(22-10-6-3-7-11-22)30(27(32)34,36-28(37)31-29)23-14-12-21(13-15-23)20-8-4-2-5-9-20/h2-19H,1H3,(H,31,37)/t29-,30+/m0/s1. The molecule has 0 saturated carbocycles. The molecule has 182 valence electrons. The van der Waals surface area contributed by atoms with Crippen molar-refractivity contribution >= 4 is 34.9 Å². The van der Waals surface area contributed by atoms with E-state index in [4.69, 9.17) is 21.7 Å². The number of amides is 2. The molecule has 2 aliphatic rings. The van der Waals surface area contributed by atoms with Crippen molar-refractivity contribution in [3.8, 4) is 16.9 Å². The second kappa shape index (κ2) is 8.57. The van der Waals surface area contributed by atoms with E-state index in [1.807, 2.05) is 72.8 Å². The molecule has 0 bridgehead atoms. The minimum atomic E-state index is -1.74. The van der Waals surface area contributed by atoms with Crippen LogP contribution >= 0.6 is 12.2 Å². The van der Waals surface area contributed by atoms with Gasteiger partial charge in [-0.2, -0.15) is 0 Å². The highest BCUT2D eigenvalue weighted by molar-refractivity contribution is 7.80. The summed E-state index contributed by atoms with van der Waals surface area (Å²) in [6, 6.07) is 33.3. The molecule has 2 amide bonds. The van der Waals surface area contributed by atoms with Crippen LogP contribution in [0.15, 0.2) is 109 Å². The van der Waals surface area contributed by atoms with Crippen LogP contribution in [0.3, 0.4) is 0 Å². The number of fused-ring (bicyclic) bond motifs is 1. The smallest absolute Gasteiger partial charge is 0.286 e. The SMILES string of the molecule is COc1ccc(N2C(=O)[C@]3(c4ccccc4)NC(=S)O[C@]3(c3ccc(-c4ccccc4)cc3)C2=O)cc1. The Morgan fingerprint density at radius 1 is 0.730 bits per heavy atom. The summed E-state index contributed by atoms with van der Waals surface area (Å²) in [7, 11) is 1.56. The summed E-state index contributed by atoms with van der Waals surface area (Å²) in [6.07, 6.45) is 0. The molecule has 6 nitrogen and oxygen atoms in total. The number of carbonyl (C=O) groups is 2. The Bertz CT molecular complexity index is 1510. The highest BCUT2D eigenvalue weighted by Gasteiger charge is 2.77. The summed E-state index contributed by atoms with van der Waals surface area (Å²) >= 11 is 5.44. The quantitative estimate of drug-likeness (QED) is 0.306. The summed E-state index contributed by atoms with van der Waals surface area (Å²) in [6.45, 7) is 0. The van der Waals surface area contributed by atoms with Crippen LogP contribution in [0.5, 0.6) is 5.75 Å². The molecule has 0 aromatic heterocycles. The van der Waals surface area contributed by atoms with Crippen molar-refractivity contribution in [1.82, 2.24) is 5.32 Å². The summed E-state index contributed by atoms with van der Waals surface area (Å²) in [5, 5.41) is 3.10. The Balaban J connectivity index is 1.56. The molecule has 2 atom stereocenters. The van der Waals surface area contributed by atoms with E-state index in [-0.39, 0.29) is 5.17 Å². The number of imide groups is 1. The van der Waals surface area contributed by atoms with Crippen molar-refractivity contribution < 1.29 is 19.1 Å². The fourth-order valence-electron chi connectivity index (χ4n) is 5.29. The van der Waals surface area contributed by atoms with Crippen molar-refractivity contribution in [2.75, 3.05) is 12.0 Å². The Kier molecular flexibility index (Phi) is 5.31. The first kappa shape index (κ1) is 22.9. The van der Waals surface area contributed by atoms with E-state index in [0.29, 0.717) is 22.6 Å². The summed E-state index contributed by atoms with van der Waals surface area (Å²) in [5.41, 5.74) is 0.207. The summed E-state index contributed by atoms with van der Waals surface area (Å²) in [4.78, 5) is 29.9. The molecule has 4 aromatic rings. The molecule has 6 rings (SSSR count). The first-order valence-electron chi connectivity index (χ1n) is 11.8. The van der Waals surface area contributed by atoms with Gasteiger partial charge in [0.15, 0.2) is 5.54 Å². The molecule has 2 heterocycles. The monoisotopic (exact) mass is 506 g/mol. The molecule has 4 aromatic carbocycles. The van der Waals surface area contributed by atoms with Gasteiger partial charge >= 0.3 is 0 Å². The van der Waals surface area contributed by atoms with E-state index in [0.717, 1.165) is 11.1 Å². The largest absolute Gasteiger partial charge is 0.497 e. The topological polar surface area (TPSA) is 67.9 Å². The van der Waals surface area contributed by atoms with Gasteiger partial charge in [0.1, 0.15) is 5.75 Å². The Morgan fingerprint density at radius 3 is 1.95 bits per heavy atom. The lowest BCUT2D eigenvalue weighted by Gasteiger charge is -2.33. The van der Waals surface area contributed by atoms with Crippen molar-refractivity contribution in [1.29, 1.82) is 0 Å². The molecule has 0 radical (unpaired) electrons. The van der Waals surface area contributed by atoms with E-state index in [2.05, 4.69) is 5.32 Å². The summed E-state index contributed by atoms with van der Waals surface area (Å²) in [5.74, 6) is -0.380. The maximum atomic E-state index is 14.4. The zero-order chi connectivity index (χ0) is 25.6. The van der Waals surface area contributed by atoms with Crippen LogP contribution in [0.25, 0.3) is 11.1 Å². The number of methoxy groups -OCH3 is 1. The van der Waals surface area contributed by atoms with Crippen molar-refractivity contribution in [2.45, 2.75) is 11.1 Å². The average molecular weight is 507 g/mol. The predicted molar refractivity (Wildman–Crippen MR) is 144 cm³/mol. The maximum Gasteiger partial charge on any atom is 0.286 e. The van der Waals surface area contributed by atoms with E-state index in [1.54, 1.807) is 43.5 Å². The van der Waals surface area contributed by atoms with E-state index in [1.165, 1.54) is 4.90 Å². The number of carbonyl (C=O) groups excluding carboxylic acids is 2. The van der Waals surface area contributed by atoms with Crippen LogP contribution in [-0.4, -0.2) is 24.1 Å². The number of hydrogen-bond donors (Lipinski definition) is 1. The van der Waals surface area contributed by atoms with Crippen LogP contribution in [0.4, 0.5) is 5.69 Å². The van der Waals surface area contributed by atoms with Crippen LogP contribution in [0.2, 0.25) is 0 Å². The first-order valence-corrected chi connectivity index (χ1v) is 12.2. The predicted octanol–water partition coefficient (Wildman–Crippen LogP) is 4.93. The van der Waals surface area contributed by atoms with Crippen molar-refractivity contribution in [3.63, 3.8) is 0 Å². The van der Waals surface area contributed by atoms with E-state index >= 15 is 0 Å². The van der Waals surface area contributed by atoms with Gasteiger partial charge in [0.25, 0.3) is 22.6 Å². The molecule has 37 heavy (non-hydrogen) atoms. The maximum absolute atomic E-state index is 14.4. The van der Waals surface area contributed by atoms with Gasteiger partial charge in [0.2, 0.25) is 0 Å². The van der Waals surface area contributed by atoms with Gasteiger partial charge in [-0.05, 0) is 53.2 Å². The second-order valence-electron chi connectivity index (χ2n) is 8.90. The van der Waals surface area contributed by atoms with Gasteiger partial charge in [-0.1, -0.05) is 84.9 Å². The Morgan fingerprint density at radius 2 is 1.32 bits per heavy atom. The molecule has 0 unspecified atom stereocenters. The lowest BCUT2D eigenvalue weighted by molar-refractivity contribution is -0.135. The number of ether oxygens (including phenoxy) is 2. The van der Waals surface area contributed by atoms with Crippen molar-refractivity contribution in [2.24, 2.45) is 0 Å². The van der Waals surface area contributed by atoms with Crippen LogP contribution in [0, 0.1) is 0 Å². The number of rotatable bonds is 5. The van der Waals surface area contributed by atoms with E-state index in [9.17, 15) is 9.59 Å². The molecular formula is C30H22N2O4S. The number of nitrogens with zero attached hydrogens (tertiary/aromatic N) is 1. The molecular weight excluding hydrogens is 484 g/mol. The van der Waals surface area contributed by atoms with Gasteiger partial charge < -0.3 is 14.8 Å². The zero-order valence-electron chi connectivity index (χ0n) is 19.9. The second-order valence-corrected chi connectivity index (χ2v) is 9.27. The highest BCUT2D eigenvalue weighted by atomic mass is 32.1. The summed E-state index contributed by atoms with van der Waals surface area (Å²) < 4.78 is 11.5. The fraction of sp³-hybridized carbons (Fsp3) is 0.100. The minimum absolute atomic E-state index is 0.00734. The van der Waals surface area contributed by atoms with Gasteiger partial charge in [0.05, 0.1) is 12.8 Å². The van der Waals surface area contributed by atoms with Gasteiger partial charge in [-0.3, -0.25) is 9.59 Å². The molecule has 2 aliphatic heterocycles. The van der Waals surface area contributed by atoms with E-state index < -0.39 is 23.0 Å². The molecule has 7 heteroatoms. The number of thiocarbonyl (C=S) groups is 1. The Labute approximate surface area is 219 Å². The Hall–Kier alpha value is -4.49.